The third kappa shape index (κ3) is 4.93. The van der Waals surface area contributed by atoms with Crippen LogP contribution in [-0.4, -0.2) is 22.7 Å². The molecule has 0 aliphatic heterocycles. The number of rotatable bonds is 7. The number of aryl methyl sites for hydroxylation is 1. The van der Waals surface area contributed by atoms with Crippen LogP contribution in [0.2, 0.25) is 0 Å². The van der Waals surface area contributed by atoms with Crippen LogP contribution in [0, 0.1) is 6.92 Å². The monoisotopic (exact) mass is 473 g/mol. The summed E-state index contributed by atoms with van der Waals surface area (Å²) in [5, 5.41) is 10.3. The van der Waals surface area contributed by atoms with Crippen LogP contribution in [0.5, 0.6) is 5.75 Å². The zero-order valence-corrected chi connectivity index (χ0v) is 18.2. The third-order valence-electron chi connectivity index (χ3n) is 4.97. The molecule has 9 heteroatoms. The molecule has 0 radical (unpaired) electrons. The number of thiazole rings is 1. The van der Waals surface area contributed by atoms with Gasteiger partial charge in [-0.25, -0.2) is 4.98 Å². The molecule has 0 aliphatic carbocycles. The van der Waals surface area contributed by atoms with Crippen molar-refractivity contribution in [3.8, 4) is 16.3 Å². The van der Waals surface area contributed by atoms with Gasteiger partial charge in [-0.05, 0) is 31.2 Å². The smallest absolute Gasteiger partial charge is 0.416 e. The Labute approximate surface area is 190 Å². The van der Waals surface area contributed by atoms with Crippen LogP contribution in [0.25, 0.3) is 27.1 Å². The lowest BCUT2D eigenvalue weighted by Gasteiger charge is -2.08. The van der Waals surface area contributed by atoms with Crippen LogP contribution in [0.1, 0.15) is 21.7 Å². The van der Waals surface area contributed by atoms with E-state index in [9.17, 15) is 18.0 Å². The molecule has 0 unspecified atom stereocenters. The molecule has 5 nitrogen and oxygen atoms in total. The van der Waals surface area contributed by atoms with Crippen LogP contribution >= 0.6 is 11.3 Å². The summed E-state index contributed by atoms with van der Waals surface area (Å²) in [4.78, 5) is 16.4. The van der Waals surface area contributed by atoms with Gasteiger partial charge in [0, 0.05) is 33.0 Å². The van der Waals surface area contributed by atoms with Crippen molar-refractivity contribution in [3.05, 3.63) is 77.0 Å². The zero-order valence-electron chi connectivity index (χ0n) is 17.4. The number of aliphatic carboxylic acids is 1. The highest BCUT2D eigenvalue weighted by molar-refractivity contribution is 7.15. The molecule has 0 fully saturated rings. The van der Waals surface area contributed by atoms with Gasteiger partial charge in [-0.1, -0.05) is 18.7 Å². The van der Waals surface area contributed by atoms with Crippen molar-refractivity contribution in [1.29, 1.82) is 0 Å². The molecular formula is C24H18F3NO4S. The minimum absolute atomic E-state index is 0.131. The highest BCUT2D eigenvalue weighted by atomic mass is 32.1. The number of benzene rings is 2. The Morgan fingerprint density at radius 2 is 1.94 bits per heavy atom. The van der Waals surface area contributed by atoms with Gasteiger partial charge in [0.15, 0.2) is 0 Å². The minimum atomic E-state index is -4.38. The summed E-state index contributed by atoms with van der Waals surface area (Å²) in [7, 11) is 0. The van der Waals surface area contributed by atoms with Crippen LogP contribution in [0.3, 0.4) is 0 Å². The normalized spacial score (nSPS) is 11.6. The lowest BCUT2D eigenvalue weighted by Crippen LogP contribution is -2.04. The number of carbonyl (C=O) groups is 1. The summed E-state index contributed by atoms with van der Waals surface area (Å²) in [5.41, 5.74) is 2.24. The van der Waals surface area contributed by atoms with E-state index in [0.717, 1.165) is 17.0 Å². The van der Waals surface area contributed by atoms with E-state index in [1.54, 1.807) is 18.2 Å². The molecule has 0 saturated carbocycles. The molecule has 2 aromatic carbocycles. The van der Waals surface area contributed by atoms with E-state index in [2.05, 4.69) is 11.6 Å². The summed E-state index contributed by atoms with van der Waals surface area (Å²) < 4.78 is 49.6. The molecule has 170 valence electrons. The molecule has 4 aromatic rings. The molecule has 2 aromatic heterocycles. The number of nitrogens with zero attached hydrogens (tertiary/aromatic N) is 1. The lowest BCUT2D eigenvalue weighted by atomic mass is 10.1. The first-order valence-electron chi connectivity index (χ1n) is 9.80. The predicted octanol–water partition coefficient (Wildman–Crippen LogP) is 6.60. The second kappa shape index (κ2) is 8.74. The Morgan fingerprint density at radius 3 is 2.61 bits per heavy atom. The zero-order chi connectivity index (χ0) is 23.8. The van der Waals surface area contributed by atoms with Crippen LogP contribution in [-0.2, 0) is 17.4 Å². The SMILES string of the molecule is C=C(COc1ccc2c(CC(=O)O)coc2c1)c1nc(-c2ccc(C(F)(F)F)cc2)sc1C. The second-order valence-electron chi connectivity index (χ2n) is 7.38. The highest BCUT2D eigenvalue weighted by Gasteiger charge is 2.30. The van der Waals surface area contributed by atoms with E-state index < -0.39 is 17.7 Å². The van der Waals surface area contributed by atoms with Gasteiger partial charge >= 0.3 is 12.1 Å². The van der Waals surface area contributed by atoms with Crippen molar-refractivity contribution in [3.63, 3.8) is 0 Å². The van der Waals surface area contributed by atoms with E-state index >= 15 is 0 Å². The van der Waals surface area contributed by atoms with Gasteiger partial charge in [0.05, 0.1) is 23.9 Å². The van der Waals surface area contributed by atoms with Crippen LogP contribution in [0.4, 0.5) is 13.2 Å². The maximum Gasteiger partial charge on any atom is 0.416 e. The Bertz CT molecular complexity index is 1340. The molecule has 0 amide bonds. The summed E-state index contributed by atoms with van der Waals surface area (Å²) in [5.74, 6) is -0.417. The standard InChI is InChI=1S/C24H18F3NO4S/c1-13(11-31-18-7-8-19-16(9-21(29)30)12-32-20(19)10-18)22-14(2)33-23(28-22)15-3-5-17(6-4-15)24(25,26)27/h3-8,10,12H,1,9,11H2,2H3,(H,29,30). The summed E-state index contributed by atoms with van der Waals surface area (Å²) in [6, 6.07) is 10.0. The molecule has 0 aliphatic rings. The largest absolute Gasteiger partial charge is 0.489 e. The fourth-order valence-electron chi connectivity index (χ4n) is 3.34. The Balaban J connectivity index is 1.46. The van der Waals surface area contributed by atoms with E-state index in [-0.39, 0.29) is 13.0 Å². The predicted molar refractivity (Wildman–Crippen MR) is 119 cm³/mol. The molecule has 1 N–H and O–H groups in total. The summed E-state index contributed by atoms with van der Waals surface area (Å²) in [6.45, 7) is 6.04. The number of fused-ring (bicyclic) bond motifs is 1. The summed E-state index contributed by atoms with van der Waals surface area (Å²) in [6.07, 6.45) is -3.10. The maximum absolute atomic E-state index is 12.8. The van der Waals surface area contributed by atoms with Gasteiger partial charge in [-0.3, -0.25) is 4.79 Å². The number of hydrogen-bond acceptors (Lipinski definition) is 5. The molecule has 0 spiro atoms. The van der Waals surface area contributed by atoms with Gasteiger partial charge in [-0.15, -0.1) is 11.3 Å². The molecular weight excluding hydrogens is 455 g/mol. The van der Waals surface area contributed by atoms with Crippen molar-refractivity contribution in [1.82, 2.24) is 4.98 Å². The Hall–Kier alpha value is -3.59. The average Bonchev–Trinajstić information content (AvgIpc) is 3.34. The van der Waals surface area contributed by atoms with E-state index in [4.69, 9.17) is 14.3 Å². The molecule has 0 saturated heterocycles. The molecule has 0 bridgehead atoms. The topological polar surface area (TPSA) is 72.6 Å². The quantitative estimate of drug-likeness (QED) is 0.327. The van der Waals surface area contributed by atoms with Gasteiger partial charge in [-0.2, -0.15) is 13.2 Å². The minimum Gasteiger partial charge on any atom is -0.489 e. The highest BCUT2D eigenvalue weighted by Crippen LogP contribution is 2.34. The van der Waals surface area contributed by atoms with Crippen LogP contribution < -0.4 is 4.74 Å². The van der Waals surface area contributed by atoms with Crippen molar-refractivity contribution in [2.75, 3.05) is 6.61 Å². The van der Waals surface area contributed by atoms with Gasteiger partial charge in [0.1, 0.15) is 22.9 Å². The average molecular weight is 473 g/mol. The number of furan rings is 1. The van der Waals surface area contributed by atoms with Gasteiger partial charge in [0.25, 0.3) is 0 Å². The van der Waals surface area contributed by atoms with Gasteiger partial charge in [0.2, 0.25) is 0 Å². The molecule has 4 rings (SSSR count). The number of carboxylic acid groups (broad SMARTS) is 1. The molecule has 33 heavy (non-hydrogen) atoms. The molecule has 2 heterocycles. The number of alkyl halides is 3. The van der Waals surface area contributed by atoms with Crippen molar-refractivity contribution in [2.45, 2.75) is 19.5 Å². The second-order valence-corrected chi connectivity index (χ2v) is 8.58. The lowest BCUT2D eigenvalue weighted by molar-refractivity contribution is -0.138. The number of aromatic nitrogens is 1. The Kier molecular flexibility index (Phi) is 5.99. The number of hydrogen-bond donors (Lipinski definition) is 1. The summed E-state index contributed by atoms with van der Waals surface area (Å²) >= 11 is 1.37. The first-order valence-corrected chi connectivity index (χ1v) is 10.6. The van der Waals surface area contributed by atoms with E-state index in [1.165, 1.54) is 29.7 Å². The first-order chi connectivity index (χ1) is 15.6. The number of ether oxygens (including phenoxy) is 1. The number of halogens is 3. The Morgan fingerprint density at radius 1 is 1.21 bits per heavy atom. The first kappa shape index (κ1) is 22.6. The number of carboxylic acids is 1. The van der Waals surface area contributed by atoms with Crippen molar-refractivity contribution < 1.29 is 32.2 Å². The third-order valence-corrected chi connectivity index (χ3v) is 5.99. The van der Waals surface area contributed by atoms with Crippen LogP contribution in [0.15, 0.2) is 59.7 Å². The maximum atomic E-state index is 12.8. The molecule has 0 atom stereocenters. The fraction of sp³-hybridized carbons (Fsp3) is 0.167. The van der Waals surface area contributed by atoms with Crippen molar-refractivity contribution in [2.24, 2.45) is 0 Å². The van der Waals surface area contributed by atoms with Crippen molar-refractivity contribution >= 4 is 33.8 Å². The van der Waals surface area contributed by atoms with E-state index in [0.29, 0.717) is 44.1 Å². The fourth-order valence-corrected chi connectivity index (χ4v) is 4.31. The van der Waals surface area contributed by atoms with Gasteiger partial charge < -0.3 is 14.3 Å². The van der Waals surface area contributed by atoms with E-state index in [1.807, 2.05) is 6.92 Å².